The van der Waals surface area contributed by atoms with Crippen molar-refractivity contribution in [2.75, 3.05) is 5.84 Å². The predicted octanol–water partition coefficient (Wildman–Crippen LogP) is 0.660. The number of nitrogens with zero attached hydrogens (tertiary/aromatic N) is 1. The summed E-state index contributed by atoms with van der Waals surface area (Å²) in [6, 6.07) is 3.83. The van der Waals surface area contributed by atoms with Crippen LogP contribution in [0.1, 0.15) is 11.1 Å². The van der Waals surface area contributed by atoms with Crippen molar-refractivity contribution < 1.29 is 0 Å². The molecule has 0 unspecified atom stereocenters. The second-order valence-electron chi connectivity index (χ2n) is 3.25. The highest BCUT2D eigenvalue weighted by Crippen LogP contribution is 2.14. The zero-order chi connectivity index (χ0) is 9.59. The lowest BCUT2D eigenvalue weighted by Crippen LogP contribution is -2.23. The summed E-state index contributed by atoms with van der Waals surface area (Å²) in [7, 11) is 0. The molecule has 0 radical (unpaired) electrons. The first-order valence-corrected chi connectivity index (χ1v) is 4.06. The average Bonchev–Trinajstić information content (AvgIpc) is 2.32. The zero-order valence-corrected chi connectivity index (χ0v) is 7.59. The number of hydrogen-bond donors (Lipinski definition) is 2. The molecule has 0 saturated carbocycles. The Morgan fingerprint density at radius 3 is 2.62 bits per heavy atom. The fraction of sp³-hybridized carbons (Fsp3) is 0.222. The van der Waals surface area contributed by atoms with Crippen molar-refractivity contribution in [3.05, 3.63) is 33.7 Å². The van der Waals surface area contributed by atoms with Crippen LogP contribution in [-0.4, -0.2) is 9.66 Å². The van der Waals surface area contributed by atoms with E-state index in [4.69, 9.17) is 5.84 Å². The molecule has 0 amide bonds. The Bertz CT molecular complexity index is 521. The SMILES string of the molecule is Cc1cc2[nH]c(=O)n(N)c2cc1C. The van der Waals surface area contributed by atoms with Gasteiger partial charge in [-0.3, -0.25) is 0 Å². The van der Waals surface area contributed by atoms with Crippen LogP contribution in [0.25, 0.3) is 11.0 Å². The number of aryl methyl sites for hydroxylation is 2. The number of aromatic amines is 1. The number of nitrogens with one attached hydrogen (secondary N) is 1. The van der Waals surface area contributed by atoms with Crippen LogP contribution in [0.15, 0.2) is 16.9 Å². The van der Waals surface area contributed by atoms with Gasteiger partial charge in [-0.15, -0.1) is 0 Å². The minimum atomic E-state index is -0.278. The van der Waals surface area contributed by atoms with Crippen molar-refractivity contribution in [2.24, 2.45) is 0 Å². The molecule has 13 heavy (non-hydrogen) atoms. The van der Waals surface area contributed by atoms with Crippen LogP contribution < -0.4 is 11.5 Å². The zero-order valence-electron chi connectivity index (χ0n) is 7.59. The van der Waals surface area contributed by atoms with E-state index in [2.05, 4.69) is 4.98 Å². The number of hydrogen-bond acceptors (Lipinski definition) is 2. The van der Waals surface area contributed by atoms with Gasteiger partial charge in [0, 0.05) is 0 Å². The highest BCUT2D eigenvalue weighted by Gasteiger charge is 2.04. The fourth-order valence-electron chi connectivity index (χ4n) is 1.39. The van der Waals surface area contributed by atoms with E-state index in [0.29, 0.717) is 0 Å². The Morgan fingerprint density at radius 2 is 1.92 bits per heavy atom. The summed E-state index contributed by atoms with van der Waals surface area (Å²) in [6.45, 7) is 3.99. The number of nitrogen functional groups attached to an aromatic ring is 1. The molecule has 4 heteroatoms. The van der Waals surface area contributed by atoms with Crippen LogP contribution in [0, 0.1) is 13.8 Å². The highest BCUT2D eigenvalue weighted by atomic mass is 16.1. The Morgan fingerprint density at radius 1 is 1.31 bits per heavy atom. The Labute approximate surface area is 75.0 Å². The largest absolute Gasteiger partial charge is 0.344 e. The Kier molecular flexibility index (Phi) is 1.45. The van der Waals surface area contributed by atoms with E-state index in [1.807, 2.05) is 26.0 Å². The third kappa shape index (κ3) is 1.02. The summed E-state index contributed by atoms with van der Waals surface area (Å²) in [5.41, 5.74) is 3.53. The molecule has 0 aliphatic carbocycles. The number of imidazole rings is 1. The van der Waals surface area contributed by atoms with Gasteiger partial charge in [0.1, 0.15) is 0 Å². The van der Waals surface area contributed by atoms with Crippen LogP contribution in [0.5, 0.6) is 0 Å². The maximum atomic E-state index is 11.1. The number of rotatable bonds is 0. The molecule has 0 aliphatic heterocycles. The monoisotopic (exact) mass is 177 g/mol. The molecular weight excluding hydrogens is 166 g/mol. The van der Waals surface area contributed by atoms with Crippen LogP contribution in [0.3, 0.4) is 0 Å². The third-order valence-corrected chi connectivity index (χ3v) is 2.33. The highest BCUT2D eigenvalue weighted by molar-refractivity contribution is 5.77. The summed E-state index contributed by atoms with van der Waals surface area (Å²) in [5.74, 6) is 5.53. The lowest BCUT2D eigenvalue weighted by Gasteiger charge is -1.99. The minimum Gasteiger partial charge on any atom is -0.335 e. The third-order valence-electron chi connectivity index (χ3n) is 2.33. The van der Waals surface area contributed by atoms with Gasteiger partial charge < -0.3 is 10.8 Å². The molecule has 4 nitrogen and oxygen atoms in total. The molecular formula is C9H11N3O. The van der Waals surface area contributed by atoms with Gasteiger partial charge in [-0.05, 0) is 37.1 Å². The van der Waals surface area contributed by atoms with Crippen molar-refractivity contribution in [1.82, 2.24) is 9.66 Å². The van der Waals surface area contributed by atoms with Crippen LogP contribution in [-0.2, 0) is 0 Å². The van der Waals surface area contributed by atoms with E-state index in [1.165, 1.54) is 0 Å². The molecule has 68 valence electrons. The number of aromatic nitrogens is 2. The summed E-state index contributed by atoms with van der Waals surface area (Å²) in [5, 5.41) is 0. The average molecular weight is 177 g/mol. The second kappa shape index (κ2) is 2.39. The fourth-order valence-corrected chi connectivity index (χ4v) is 1.39. The summed E-state index contributed by atoms with van der Waals surface area (Å²) >= 11 is 0. The summed E-state index contributed by atoms with van der Waals surface area (Å²) < 4.78 is 1.13. The maximum absolute atomic E-state index is 11.1. The molecule has 1 heterocycles. The molecule has 1 aromatic heterocycles. The van der Waals surface area contributed by atoms with E-state index in [1.54, 1.807) is 0 Å². The first kappa shape index (κ1) is 7.91. The molecule has 0 aliphatic rings. The molecule has 0 atom stereocenters. The molecule has 0 fully saturated rings. The maximum Gasteiger partial charge on any atom is 0.344 e. The number of benzene rings is 1. The van der Waals surface area contributed by atoms with Gasteiger partial charge >= 0.3 is 5.69 Å². The van der Waals surface area contributed by atoms with Crippen molar-refractivity contribution in [3.63, 3.8) is 0 Å². The van der Waals surface area contributed by atoms with Gasteiger partial charge in [-0.25, -0.2) is 9.47 Å². The van der Waals surface area contributed by atoms with Gasteiger partial charge in [-0.1, -0.05) is 0 Å². The smallest absolute Gasteiger partial charge is 0.335 e. The predicted molar refractivity (Wildman–Crippen MR) is 52.2 cm³/mol. The number of H-pyrrole nitrogens is 1. The molecule has 0 bridgehead atoms. The van der Waals surface area contributed by atoms with Gasteiger partial charge in [0.25, 0.3) is 0 Å². The van der Waals surface area contributed by atoms with Gasteiger partial charge in [-0.2, -0.15) is 0 Å². The van der Waals surface area contributed by atoms with Crippen molar-refractivity contribution in [1.29, 1.82) is 0 Å². The van der Waals surface area contributed by atoms with Gasteiger partial charge in [0.2, 0.25) is 0 Å². The first-order valence-electron chi connectivity index (χ1n) is 4.06. The molecule has 2 aromatic rings. The van der Waals surface area contributed by atoms with E-state index in [9.17, 15) is 4.79 Å². The minimum absolute atomic E-state index is 0.278. The first-order chi connectivity index (χ1) is 6.09. The molecule has 0 spiro atoms. The van der Waals surface area contributed by atoms with Gasteiger partial charge in [0.05, 0.1) is 11.0 Å². The lowest BCUT2D eigenvalue weighted by atomic mass is 10.1. The molecule has 0 saturated heterocycles. The number of fused-ring (bicyclic) bond motifs is 1. The van der Waals surface area contributed by atoms with Crippen molar-refractivity contribution in [3.8, 4) is 0 Å². The standard InChI is InChI=1S/C9H11N3O/c1-5-3-7-8(4-6(5)2)12(10)9(13)11-7/h3-4H,10H2,1-2H3,(H,11,13). The number of nitrogens with two attached hydrogens (primary N) is 1. The molecule has 1 aromatic carbocycles. The molecule has 3 N–H and O–H groups in total. The van der Waals surface area contributed by atoms with E-state index in [0.717, 1.165) is 26.8 Å². The molecule has 2 rings (SSSR count). The summed E-state index contributed by atoms with van der Waals surface area (Å²) in [6.07, 6.45) is 0. The van der Waals surface area contributed by atoms with Crippen LogP contribution in [0.4, 0.5) is 0 Å². The van der Waals surface area contributed by atoms with Crippen molar-refractivity contribution >= 4 is 11.0 Å². The quantitative estimate of drug-likeness (QED) is 0.580. The van der Waals surface area contributed by atoms with E-state index >= 15 is 0 Å². The second-order valence-corrected chi connectivity index (χ2v) is 3.25. The topological polar surface area (TPSA) is 63.8 Å². The van der Waals surface area contributed by atoms with E-state index in [-0.39, 0.29) is 5.69 Å². The van der Waals surface area contributed by atoms with Gasteiger partial charge in [0.15, 0.2) is 0 Å². The van der Waals surface area contributed by atoms with Crippen LogP contribution in [0.2, 0.25) is 0 Å². The normalized spacial score (nSPS) is 10.9. The van der Waals surface area contributed by atoms with Crippen molar-refractivity contribution in [2.45, 2.75) is 13.8 Å². The lowest BCUT2D eigenvalue weighted by molar-refractivity contribution is 0.966. The summed E-state index contributed by atoms with van der Waals surface area (Å²) in [4.78, 5) is 13.8. The Hall–Kier alpha value is -1.71. The van der Waals surface area contributed by atoms with E-state index < -0.39 is 0 Å². The Balaban J connectivity index is 2.97. The van der Waals surface area contributed by atoms with Crippen LogP contribution >= 0.6 is 0 Å².